The Morgan fingerprint density at radius 3 is 2.58 bits per heavy atom. The highest BCUT2D eigenvalue weighted by Crippen LogP contribution is 2.06. The highest BCUT2D eigenvalue weighted by Gasteiger charge is 1.89. The molecule has 2 aromatic rings. The first-order chi connectivity index (χ1) is 5.36. The molecule has 0 aliphatic heterocycles. The predicted molar refractivity (Wildman–Crippen MR) is 51.8 cm³/mol. The summed E-state index contributed by atoms with van der Waals surface area (Å²) in [5.41, 5.74) is 0.837. The number of nitrogens with one attached hydrogen (secondary N) is 1. The summed E-state index contributed by atoms with van der Waals surface area (Å²) in [7, 11) is 0. The summed E-state index contributed by atoms with van der Waals surface area (Å²) in [4.78, 5) is 13.6. The zero-order chi connectivity index (χ0) is 7.68. The van der Waals surface area contributed by atoms with Gasteiger partial charge in [-0.1, -0.05) is 18.2 Å². The molecule has 0 saturated heterocycles. The number of fused-ring (bicyclic) bond motifs is 1. The van der Waals surface area contributed by atoms with E-state index >= 15 is 0 Å². The number of para-hydroxylation sites is 1. The fourth-order valence-corrected chi connectivity index (χ4v) is 1.10. The van der Waals surface area contributed by atoms with E-state index in [-0.39, 0.29) is 18.0 Å². The van der Waals surface area contributed by atoms with E-state index in [1.807, 2.05) is 30.3 Å². The van der Waals surface area contributed by atoms with Crippen LogP contribution in [0.5, 0.6) is 0 Å². The number of halogens is 1. The lowest BCUT2D eigenvalue weighted by atomic mass is 10.2. The van der Waals surface area contributed by atoms with E-state index in [9.17, 15) is 4.79 Å². The van der Waals surface area contributed by atoms with Crippen molar-refractivity contribution >= 4 is 23.3 Å². The molecule has 1 aromatic heterocycles. The minimum Gasteiger partial charge on any atom is -0.322 e. The molecule has 0 unspecified atom stereocenters. The van der Waals surface area contributed by atoms with Crippen molar-refractivity contribution in [1.29, 1.82) is 0 Å². The monoisotopic (exact) mass is 181 g/mol. The Hall–Kier alpha value is -1.28. The summed E-state index contributed by atoms with van der Waals surface area (Å²) in [6.07, 6.45) is 0. The van der Waals surface area contributed by atoms with E-state index in [1.165, 1.54) is 6.07 Å². The van der Waals surface area contributed by atoms with Crippen LogP contribution in [0.15, 0.2) is 41.2 Å². The summed E-state index contributed by atoms with van der Waals surface area (Å²) < 4.78 is 0. The average molecular weight is 182 g/mol. The maximum Gasteiger partial charge on any atom is 0.248 e. The van der Waals surface area contributed by atoms with Crippen molar-refractivity contribution in [3.63, 3.8) is 0 Å². The van der Waals surface area contributed by atoms with Gasteiger partial charge in [0.1, 0.15) is 0 Å². The van der Waals surface area contributed by atoms with Crippen molar-refractivity contribution in [3.05, 3.63) is 46.8 Å². The molecule has 0 aliphatic rings. The average Bonchev–Trinajstić information content (AvgIpc) is 2.04. The third kappa shape index (κ3) is 1.48. The molecule has 62 valence electrons. The van der Waals surface area contributed by atoms with Crippen LogP contribution in [0.2, 0.25) is 0 Å². The molecule has 0 atom stereocenters. The standard InChI is InChI=1S/C9H7NO.ClH/c11-9-6-5-7-3-1-2-4-8(7)10-9;/h1-6H,(H,10,11);1H. The smallest absolute Gasteiger partial charge is 0.248 e. The maximum absolute atomic E-state index is 10.8. The Kier molecular flexibility index (Phi) is 2.51. The molecule has 0 spiro atoms. The highest BCUT2D eigenvalue weighted by atomic mass is 35.5. The molecule has 3 heteroatoms. The molecule has 0 amide bonds. The van der Waals surface area contributed by atoms with Crippen molar-refractivity contribution in [2.75, 3.05) is 0 Å². The molecule has 0 bridgehead atoms. The Morgan fingerprint density at radius 1 is 1.00 bits per heavy atom. The van der Waals surface area contributed by atoms with Crippen LogP contribution in [0.3, 0.4) is 0 Å². The van der Waals surface area contributed by atoms with Gasteiger partial charge in [-0.2, -0.15) is 0 Å². The Balaban J connectivity index is 0.000000720. The van der Waals surface area contributed by atoms with Gasteiger partial charge in [-0.15, -0.1) is 12.4 Å². The molecule has 0 radical (unpaired) electrons. The first-order valence-corrected chi connectivity index (χ1v) is 3.44. The summed E-state index contributed by atoms with van der Waals surface area (Å²) in [6, 6.07) is 11.0. The number of hydrogen-bond donors (Lipinski definition) is 1. The molecule has 0 fully saturated rings. The first-order valence-electron chi connectivity index (χ1n) is 3.44. The molecule has 0 saturated carbocycles. The number of rotatable bonds is 0. The van der Waals surface area contributed by atoms with Crippen LogP contribution >= 0.6 is 12.4 Å². The van der Waals surface area contributed by atoms with Crippen LogP contribution < -0.4 is 5.56 Å². The van der Waals surface area contributed by atoms with Gasteiger partial charge in [-0.3, -0.25) is 4.79 Å². The highest BCUT2D eigenvalue weighted by molar-refractivity contribution is 5.85. The van der Waals surface area contributed by atoms with E-state index in [1.54, 1.807) is 0 Å². The molecule has 0 aliphatic carbocycles. The fourth-order valence-electron chi connectivity index (χ4n) is 1.10. The van der Waals surface area contributed by atoms with Gasteiger partial charge in [0, 0.05) is 11.6 Å². The molecule has 12 heavy (non-hydrogen) atoms. The third-order valence-corrected chi connectivity index (χ3v) is 1.63. The SMILES string of the molecule is Cl.O=c1ccc2ccccc2[nH]1. The summed E-state index contributed by atoms with van der Waals surface area (Å²) in [5, 5.41) is 1.06. The Bertz CT molecular complexity index is 435. The molecule has 2 nitrogen and oxygen atoms in total. The van der Waals surface area contributed by atoms with Crippen molar-refractivity contribution in [1.82, 2.24) is 4.98 Å². The molecule has 1 aromatic carbocycles. The van der Waals surface area contributed by atoms with Gasteiger partial charge in [0.2, 0.25) is 5.56 Å². The third-order valence-electron chi connectivity index (χ3n) is 1.63. The minimum absolute atomic E-state index is 0. The van der Waals surface area contributed by atoms with Crippen molar-refractivity contribution < 1.29 is 0 Å². The zero-order valence-electron chi connectivity index (χ0n) is 6.28. The maximum atomic E-state index is 10.8. The first kappa shape index (κ1) is 8.81. The van der Waals surface area contributed by atoms with Gasteiger partial charge in [0.15, 0.2) is 0 Å². The summed E-state index contributed by atoms with van der Waals surface area (Å²) in [5.74, 6) is 0. The zero-order valence-corrected chi connectivity index (χ0v) is 7.10. The lowest BCUT2D eigenvalue weighted by Crippen LogP contribution is -2.01. The number of aromatic nitrogens is 1. The summed E-state index contributed by atoms with van der Waals surface area (Å²) in [6.45, 7) is 0. The van der Waals surface area contributed by atoms with Crippen LogP contribution in [-0.4, -0.2) is 4.98 Å². The summed E-state index contributed by atoms with van der Waals surface area (Å²) >= 11 is 0. The van der Waals surface area contributed by atoms with E-state index < -0.39 is 0 Å². The quantitative estimate of drug-likeness (QED) is 0.662. The second-order valence-electron chi connectivity index (χ2n) is 2.41. The predicted octanol–water partition coefficient (Wildman–Crippen LogP) is 1.95. The number of pyridine rings is 1. The van der Waals surface area contributed by atoms with Crippen LogP contribution in [0, 0.1) is 0 Å². The van der Waals surface area contributed by atoms with Crippen molar-refractivity contribution in [3.8, 4) is 0 Å². The number of benzene rings is 1. The largest absolute Gasteiger partial charge is 0.322 e. The van der Waals surface area contributed by atoms with Gasteiger partial charge in [-0.05, 0) is 17.5 Å². The lowest BCUT2D eigenvalue weighted by Gasteiger charge is -1.93. The molecular weight excluding hydrogens is 174 g/mol. The van der Waals surface area contributed by atoms with E-state index in [0.29, 0.717) is 0 Å². The van der Waals surface area contributed by atoms with E-state index in [4.69, 9.17) is 0 Å². The molecule has 1 heterocycles. The van der Waals surface area contributed by atoms with E-state index in [2.05, 4.69) is 4.98 Å². The molecule has 2 rings (SSSR count). The fraction of sp³-hybridized carbons (Fsp3) is 0. The lowest BCUT2D eigenvalue weighted by molar-refractivity contribution is 1.31. The normalized spacial score (nSPS) is 9.33. The topological polar surface area (TPSA) is 32.9 Å². The van der Waals surface area contributed by atoms with Crippen molar-refractivity contribution in [2.45, 2.75) is 0 Å². The van der Waals surface area contributed by atoms with Crippen LogP contribution in [0.25, 0.3) is 10.9 Å². The minimum atomic E-state index is -0.0521. The van der Waals surface area contributed by atoms with Crippen LogP contribution in [0.1, 0.15) is 0 Å². The molecule has 1 N–H and O–H groups in total. The number of hydrogen-bond acceptors (Lipinski definition) is 1. The van der Waals surface area contributed by atoms with Gasteiger partial charge < -0.3 is 4.98 Å². The number of aromatic amines is 1. The second-order valence-corrected chi connectivity index (χ2v) is 2.41. The second kappa shape index (κ2) is 3.41. The van der Waals surface area contributed by atoms with Crippen molar-refractivity contribution in [2.24, 2.45) is 0 Å². The van der Waals surface area contributed by atoms with Gasteiger partial charge in [0.05, 0.1) is 0 Å². The Labute approximate surface area is 75.6 Å². The molecular formula is C9H8ClNO. The van der Waals surface area contributed by atoms with Crippen LogP contribution in [-0.2, 0) is 0 Å². The number of H-pyrrole nitrogens is 1. The van der Waals surface area contributed by atoms with Gasteiger partial charge in [0.25, 0.3) is 0 Å². The van der Waals surface area contributed by atoms with Gasteiger partial charge in [-0.25, -0.2) is 0 Å². The Morgan fingerprint density at radius 2 is 1.75 bits per heavy atom. The van der Waals surface area contributed by atoms with E-state index in [0.717, 1.165) is 10.9 Å². The van der Waals surface area contributed by atoms with Crippen LogP contribution in [0.4, 0.5) is 0 Å². The van der Waals surface area contributed by atoms with Gasteiger partial charge >= 0.3 is 0 Å².